The molecule has 0 saturated carbocycles. The molecule has 0 saturated heterocycles. The summed E-state index contributed by atoms with van der Waals surface area (Å²) in [6, 6.07) is 26.4. The number of rotatable bonds is 1. The van der Waals surface area contributed by atoms with E-state index in [4.69, 9.17) is 14.6 Å². The largest absolute Gasteiger partial charge is 0.512 e. The smallest absolute Gasteiger partial charge is 0.155 e. The van der Waals surface area contributed by atoms with Gasteiger partial charge in [-0.05, 0) is 55.1 Å². The van der Waals surface area contributed by atoms with E-state index in [1.54, 1.807) is 6.20 Å². The number of carbonyl (C=O) groups excluding carboxylic acids is 1. The molecule has 7 rings (SSSR count). The van der Waals surface area contributed by atoms with Crippen LogP contribution in [0.25, 0.3) is 21.7 Å². The van der Waals surface area contributed by atoms with E-state index in [9.17, 15) is 9.36 Å². The number of fused-ring (bicyclic) bond motifs is 8. The first kappa shape index (κ1) is 25.9. The topological polar surface area (TPSA) is 85.7 Å². The van der Waals surface area contributed by atoms with Crippen molar-refractivity contribution in [1.29, 1.82) is 0 Å². The van der Waals surface area contributed by atoms with Gasteiger partial charge in [0.05, 0.1) is 27.9 Å². The maximum absolute atomic E-state index is 14.9. The Morgan fingerprint density at radius 1 is 0.921 bits per heavy atom. The summed E-state index contributed by atoms with van der Waals surface area (Å²) in [5.41, 5.74) is 0.814. The first-order chi connectivity index (χ1) is 17.9. The number of carbonyl (C=O) groups is 1. The van der Waals surface area contributed by atoms with Gasteiger partial charge < -0.3 is 24.1 Å². The van der Waals surface area contributed by atoms with E-state index >= 15 is 0 Å². The predicted molar refractivity (Wildman–Crippen MR) is 145 cm³/mol. The SMILES string of the molecule is CC(=O)/C=C(/C)O.O=P12c3ccccc3Oc3[c-]c4c(ccc5cccnc54)c(c31)Oc1ccccc12.[Ir]. The standard InChI is InChI=1S/C25H13NO3P.C5H8O2.Ir/c27-30-21-9-3-1-7-18(21)28-20-14-17-16(12-11-15-6-5-13-26-23(15)17)24(25(20)30)29-19-8-2-4-10-22(19)30;1-4(6)3-5(2)7;/h1-13H;3,6H,1-2H3;/q-1;;/b;4-3-;. The van der Waals surface area contributed by atoms with Crippen LogP contribution in [0.2, 0.25) is 0 Å². The third-order valence-corrected chi connectivity index (χ3v) is 9.38. The fourth-order valence-corrected chi connectivity index (χ4v) is 7.85. The Morgan fingerprint density at radius 2 is 1.58 bits per heavy atom. The third kappa shape index (κ3) is 4.04. The molecule has 1 unspecified atom stereocenters. The van der Waals surface area contributed by atoms with Crippen molar-refractivity contribution in [2.45, 2.75) is 13.8 Å². The number of para-hydroxylation sites is 2. The molecule has 1 N–H and O–H groups in total. The first-order valence-electron chi connectivity index (χ1n) is 11.7. The second-order valence-electron chi connectivity index (χ2n) is 8.84. The zero-order chi connectivity index (χ0) is 25.7. The Morgan fingerprint density at radius 3 is 2.21 bits per heavy atom. The molecule has 1 atom stereocenters. The van der Waals surface area contributed by atoms with Gasteiger partial charge in [-0.1, -0.05) is 53.9 Å². The molecule has 1 radical (unpaired) electrons. The van der Waals surface area contributed by atoms with E-state index in [0.717, 1.165) is 21.7 Å². The molecule has 4 aromatic carbocycles. The molecule has 5 aromatic rings. The molecule has 1 aromatic heterocycles. The summed E-state index contributed by atoms with van der Waals surface area (Å²) in [6.07, 6.45) is 2.93. The summed E-state index contributed by atoms with van der Waals surface area (Å²) in [4.78, 5) is 14.6. The van der Waals surface area contributed by atoms with E-state index in [1.807, 2.05) is 72.8 Å². The van der Waals surface area contributed by atoms with Crippen LogP contribution in [0.4, 0.5) is 0 Å². The van der Waals surface area contributed by atoms with Gasteiger partial charge in [-0.2, -0.15) is 0 Å². The number of ether oxygens (including phenoxy) is 2. The van der Waals surface area contributed by atoms with Gasteiger partial charge >= 0.3 is 0 Å². The van der Waals surface area contributed by atoms with Gasteiger partial charge in [-0.15, -0.1) is 5.39 Å². The van der Waals surface area contributed by atoms with Crippen LogP contribution in [0.1, 0.15) is 13.8 Å². The molecule has 0 spiro atoms. The van der Waals surface area contributed by atoms with E-state index in [-0.39, 0.29) is 31.6 Å². The summed E-state index contributed by atoms with van der Waals surface area (Å²) in [5.74, 6) is 2.17. The van der Waals surface area contributed by atoms with Crippen molar-refractivity contribution in [3.63, 3.8) is 0 Å². The Hall–Kier alpha value is -3.76. The third-order valence-electron chi connectivity index (χ3n) is 6.25. The maximum Gasteiger partial charge on any atom is 0.155 e. The Labute approximate surface area is 232 Å². The van der Waals surface area contributed by atoms with Crippen LogP contribution in [0.15, 0.2) is 90.8 Å². The van der Waals surface area contributed by atoms with E-state index in [1.165, 1.54) is 19.9 Å². The van der Waals surface area contributed by atoms with Gasteiger partial charge in [-0.25, -0.2) is 0 Å². The van der Waals surface area contributed by atoms with Crippen molar-refractivity contribution in [2.24, 2.45) is 0 Å². The summed E-state index contributed by atoms with van der Waals surface area (Å²) in [6.45, 7) is 2.85. The number of allylic oxidation sites excluding steroid dienone is 2. The number of aromatic nitrogens is 1. The van der Waals surface area contributed by atoms with Crippen LogP contribution in [-0.2, 0) is 29.5 Å². The van der Waals surface area contributed by atoms with Crippen LogP contribution in [0.3, 0.4) is 0 Å². The molecular formula is C30H21IrNO5P-. The van der Waals surface area contributed by atoms with Crippen molar-refractivity contribution >= 4 is 50.5 Å². The number of nitrogens with zero attached hydrogens (tertiary/aromatic N) is 1. The number of hydrogen-bond acceptors (Lipinski definition) is 6. The normalized spacial score (nSPS) is 16.4. The number of aliphatic hydroxyl groups excluding tert-OH is 1. The van der Waals surface area contributed by atoms with Crippen molar-refractivity contribution in [3.8, 4) is 23.0 Å². The summed E-state index contributed by atoms with van der Waals surface area (Å²) in [7, 11) is -3.18. The van der Waals surface area contributed by atoms with Gasteiger partial charge in [0, 0.05) is 37.7 Å². The van der Waals surface area contributed by atoms with Crippen LogP contribution >= 0.6 is 7.14 Å². The summed E-state index contributed by atoms with van der Waals surface area (Å²) in [5, 5.41) is 13.0. The molecule has 3 heterocycles. The van der Waals surface area contributed by atoms with Crippen LogP contribution in [0, 0.1) is 6.07 Å². The number of benzene rings is 4. The van der Waals surface area contributed by atoms with E-state index < -0.39 is 7.14 Å². The van der Waals surface area contributed by atoms with Crippen LogP contribution < -0.4 is 25.4 Å². The van der Waals surface area contributed by atoms with E-state index in [0.29, 0.717) is 38.9 Å². The van der Waals surface area contributed by atoms with Crippen LogP contribution in [-0.4, -0.2) is 15.9 Å². The zero-order valence-corrected chi connectivity index (χ0v) is 23.7. The second kappa shape index (κ2) is 9.84. The van der Waals surface area contributed by atoms with Gasteiger partial charge in [0.2, 0.25) is 0 Å². The van der Waals surface area contributed by atoms with Gasteiger partial charge in [0.25, 0.3) is 0 Å². The minimum Gasteiger partial charge on any atom is -0.512 e. The van der Waals surface area contributed by atoms with Crippen molar-refractivity contribution in [1.82, 2.24) is 4.98 Å². The van der Waals surface area contributed by atoms with E-state index in [2.05, 4.69) is 11.1 Å². The molecule has 38 heavy (non-hydrogen) atoms. The number of ketones is 1. The zero-order valence-electron chi connectivity index (χ0n) is 20.4. The molecule has 8 heteroatoms. The second-order valence-corrected chi connectivity index (χ2v) is 11.5. The average molecular weight is 699 g/mol. The Bertz CT molecular complexity index is 1810. The molecule has 0 amide bonds. The van der Waals surface area contributed by atoms with Gasteiger partial charge in [0.15, 0.2) is 5.78 Å². The summed E-state index contributed by atoms with van der Waals surface area (Å²) >= 11 is 0. The molecule has 0 bridgehead atoms. The molecular weight excluding hydrogens is 678 g/mol. The maximum atomic E-state index is 14.9. The molecule has 0 aliphatic carbocycles. The molecule has 2 aliphatic rings. The minimum absolute atomic E-state index is 0. The van der Waals surface area contributed by atoms with Gasteiger partial charge in [-0.3, -0.25) is 4.79 Å². The molecule has 191 valence electrons. The average Bonchev–Trinajstić information content (AvgIpc) is 2.88. The molecule has 0 fully saturated rings. The quantitative estimate of drug-likeness (QED) is 0.0737. The minimum atomic E-state index is -3.18. The molecule has 6 nitrogen and oxygen atoms in total. The Kier molecular flexibility index (Phi) is 6.70. The molecule has 2 aliphatic heterocycles. The van der Waals surface area contributed by atoms with Crippen molar-refractivity contribution < 1.29 is 44.0 Å². The van der Waals surface area contributed by atoms with Crippen molar-refractivity contribution in [2.75, 3.05) is 0 Å². The van der Waals surface area contributed by atoms with Crippen LogP contribution in [0.5, 0.6) is 23.0 Å². The van der Waals surface area contributed by atoms with Crippen molar-refractivity contribution in [3.05, 3.63) is 96.9 Å². The number of hydrogen-bond donors (Lipinski definition) is 1. The number of aliphatic hydroxyl groups is 1. The Balaban J connectivity index is 0.000000329. The van der Waals surface area contributed by atoms with Gasteiger partial charge in [0.1, 0.15) is 18.6 Å². The fourth-order valence-electron chi connectivity index (χ4n) is 4.82. The number of pyridine rings is 1. The monoisotopic (exact) mass is 699 g/mol. The predicted octanol–water partition coefficient (Wildman–Crippen LogP) is 6.07. The fraction of sp³-hybridized carbons (Fsp3) is 0.0667. The summed E-state index contributed by atoms with van der Waals surface area (Å²) < 4.78 is 27.4. The first-order valence-corrected chi connectivity index (χ1v) is 13.4.